The lowest BCUT2D eigenvalue weighted by Crippen LogP contribution is -2.43. The zero-order valence-electron chi connectivity index (χ0n) is 22.1. The number of hydrogen-bond donors (Lipinski definition) is 0. The Kier molecular flexibility index (Phi) is 7.73. The third-order valence-electron chi connectivity index (χ3n) is 7.06. The summed E-state index contributed by atoms with van der Waals surface area (Å²) in [5, 5.41) is 0. The summed E-state index contributed by atoms with van der Waals surface area (Å²) < 4.78 is 17.7. The summed E-state index contributed by atoms with van der Waals surface area (Å²) in [6.45, 7) is 15.9. The number of benzene rings is 1. The Morgan fingerprint density at radius 1 is 1.06 bits per heavy atom. The van der Waals surface area contributed by atoms with Crippen LogP contribution < -0.4 is 5.46 Å². The first-order valence-electron chi connectivity index (χ1n) is 12.3. The Labute approximate surface area is 205 Å². The fraction of sp³-hybridized carbons (Fsp3) is 0.692. The minimum absolute atomic E-state index is 0.141. The number of ether oxygens (including phenoxy) is 1. The van der Waals surface area contributed by atoms with Crippen LogP contribution in [-0.4, -0.2) is 72.4 Å². The van der Waals surface area contributed by atoms with Crippen LogP contribution in [0, 0.1) is 5.92 Å². The van der Waals surface area contributed by atoms with Crippen molar-refractivity contribution in [3.8, 4) is 0 Å². The molecule has 0 aromatic heterocycles. The molecular formula is C26H41BN2O5. The van der Waals surface area contributed by atoms with Crippen molar-refractivity contribution >= 4 is 24.6 Å². The maximum atomic E-state index is 12.9. The number of rotatable bonds is 5. The van der Waals surface area contributed by atoms with E-state index < -0.39 is 12.7 Å². The molecule has 3 rings (SSSR count). The van der Waals surface area contributed by atoms with E-state index in [1.807, 2.05) is 77.6 Å². The van der Waals surface area contributed by atoms with Gasteiger partial charge in [-0.05, 0) is 78.3 Å². The molecule has 8 heteroatoms. The Morgan fingerprint density at radius 3 is 2.09 bits per heavy atom. The van der Waals surface area contributed by atoms with Crippen molar-refractivity contribution < 1.29 is 23.6 Å². The maximum Gasteiger partial charge on any atom is 0.494 e. The fourth-order valence-electron chi connectivity index (χ4n) is 4.22. The van der Waals surface area contributed by atoms with Crippen LogP contribution in [-0.2, 0) is 25.3 Å². The highest BCUT2D eigenvalue weighted by Gasteiger charge is 2.51. The monoisotopic (exact) mass is 472 g/mol. The van der Waals surface area contributed by atoms with Crippen LogP contribution in [0.3, 0.4) is 0 Å². The molecule has 0 saturated carbocycles. The molecule has 188 valence electrons. The van der Waals surface area contributed by atoms with Crippen LogP contribution in [0.4, 0.5) is 4.79 Å². The average Bonchev–Trinajstić information content (AvgIpc) is 2.94. The first-order chi connectivity index (χ1) is 15.7. The lowest BCUT2D eigenvalue weighted by atomic mass is 9.79. The molecule has 2 amide bonds. The van der Waals surface area contributed by atoms with Crippen LogP contribution in [0.1, 0.15) is 66.9 Å². The van der Waals surface area contributed by atoms with Gasteiger partial charge in [0.05, 0.1) is 17.6 Å². The number of amides is 2. The summed E-state index contributed by atoms with van der Waals surface area (Å²) in [5.41, 5.74) is 0.700. The molecule has 2 aliphatic heterocycles. The standard InChI is InChI=1S/C26H41BN2O5/c1-24(2,3)32-23(31)28(8)18-20-13-15-29(16-14-20)22(30)17-19-9-11-21(12-10-19)27-33-25(4,5)26(6,7)34-27/h9-12,20H,13-18H2,1-8H3. The molecule has 7 nitrogen and oxygen atoms in total. The Balaban J connectivity index is 1.46. The number of carbonyl (C=O) groups is 2. The van der Waals surface area contributed by atoms with Gasteiger partial charge in [-0.15, -0.1) is 0 Å². The van der Waals surface area contributed by atoms with Gasteiger partial charge in [0.15, 0.2) is 0 Å². The minimum Gasteiger partial charge on any atom is -0.444 e. The number of likely N-dealkylation sites (tertiary alicyclic amines) is 1. The van der Waals surface area contributed by atoms with Gasteiger partial charge < -0.3 is 23.8 Å². The zero-order valence-corrected chi connectivity index (χ0v) is 22.1. The average molecular weight is 472 g/mol. The molecule has 1 aromatic rings. The van der Waals surface area contributed by atoms with Crippen LogP contribution in [0.5, 0.6) is 0 Å². The van der Waals surface area contributed by atoms with Gasteiger partial charge >= 0.3 is 13.2 Å². The Bertz CT molecular complexity index is 854. The van der Waals surface area contributed by atoms with Gasteiger partial charge in [-0.3, -0.25) is 4.79 Å². The highest BCUT2D eigenvalue weighted by Crippen LogP contribution is 2.36. The van der Waals surface area contributed by atoms with Crippen LogP contribution >= 0.6 is 0 Å². The molecule has 34 heavy (non-hydrogen) atoms. The first kappa shape index (κ1) is 26.5. The van der Waals surface area contributed by atoms with Crippen LogP contribution in [0.15, 0.2) is 24.3 Å². The predicted octanol–water partition coefficient (Wildman–Crippen LogP) is 3.63. The molecule has 1 aromatic carbocycles. The van der Waals surface area contributed by atoms with Gasteiger partial charge in [-0.1, -0.05) is 24.3 Å². The SMILES string of the molecule is CN(CC1CCN(C(=O)Cc2ccc(B3OC(C)(C)C(C)(C)O3)cc2)CC1)C(=O)OC(C)(C)C. The zero-order chi connectivity index (χ0) is 25.3. The fourth-order valence-corrected chi connectivity index (χ4v) is 4.22. The number of nitrogens with zero attached hydrogens (tertiary/aromatic N) is 2. The van der Waals surface area contributed by atoms with E-state index in [-0.39, 0.29) is 23.2 Å². The number of piperidine rings is 1. The van der Waals surface area contributed by atoms with Gasteiger partial charge in [0.25, 0.3) is 0 Å². The summed E-state index contributed by atoms with van der Waals surface area (Å²) in [6.07, 6.45) is 1.86. The van der Waals surface area contributed by atoms with Gasteiger partial charge in [-0.2, -0.15) is 0 Å². The quantitative estimate of drug-likeness (QED) is 0.613. The molecule has 0 N–H and O–H groups in total. The highest BCUT2D eigenvalue weighted by molar-refractivity contribution is 6.62. The smallest absolute Gasteiger partial charge is 0.444 e. The van der Waals surface area contributed by atoms with E-state index in [4.69, 9.17) is 14.0 Å². The molecule has 0 unspecified atom stereocenters. The largest absolute Gasteiger partial charge is 0.494 e. The van der Waals surface area contributed by atoms with Crippen molar-refractivity contribution in [3.63, 3.8) is 0 Å². The van der Waals surface area contributed by atoms with Gasteiger partial charge in [0.1, 0.15) is 5.60 Å². The highest BCUT2D eigenvalue weighted by atomic mass is 16.7. The predicted molar refractivity (Wildman–Crippen MR) is 134 cm³/mol. The molecule has 2 saturated heterocycles. The van der Waals surface area contributed by atoms with E-state index in [0.717, 1.165) is 37.0 Å². The topological polar surface area (TPSA) is 68.3 Å². The first-order valence-corrected chi connectivity index (χ1v) is 12.3. The van der Waals surface area contributed by atoms with E-state index in [1.165, 1.54) is 0 Å². The van der Waals surface area contributed by atoms with E-state index in [2.05, 4.69) is 0 Å². The second-order valence-electron chi connectivity index (χ2n) is 11.7. The second-order valence-corrected chi connectivity index (χ2v) is 11.7. The lowest BCUT2D eigenvalue weighted by Gasteiger charge is -2.34. The Hall–Kier alpha value is -2.06. The Morgan fingerprint density at radius 2 is 1.59 bits per heavy atom. The molecular weight excluding hydrogens is 431 g/mol. The number of carbonyl (C=O) groups excluding carboxylic acids is 2. The van der Waals surface area contributed by atoms with E-state index in [0.29, 0.717) is 18.9 Å². The molecule has 0 radical (unpaired) electrons. The van der Waals surface area contributed by atoms with E-state index >= 15 is 0 Å². The van der Waals surface area contributed by atoms with Crippen molar-refractivity contribution in [3.05, 3.63) is 29.8 Å². The third kappa shape index (κ3) is 6.54. The maximum absolute atomic E-state index is 12.9. The molecule has 0 aliphatic carbocycles. The van der Waals surface area contributed by atoms with Crippen LogP contribution in [0.25, 0.3) is 0 Å². The van der Waals surface area contributed by atoms with Crippen molar-refractivity contribution in [1.29, 1.82) is 0 Å². The minimum atomic E-state index is -0.496. The van der Waals surface area contributed by atoms with Crippen molar-refractivity contribution in [2.75, 3.05) is 26.7 Å². The second kappa shape index (κ2) is 9.90. The third-order valence-corrected chi connectivity index (χ3v) is 7.06. The van der Waals surface area contributed by atoms with Crippen LogP contribution in [0.2, 0.25) is 0 Å². The van der Waals surface area contributed by atoms with E-state index in [9.17, 15) is 9.59 Å². The summed E-state index contributed by atoms with van der Waals surface area (Å²) >= 11 is 0. The van der Waals surface area contributed by atoms with E-state index in [1.54, 1.807) is 11.9 Å². The molecule has 2 heterocycles. The van der Waals surface area contributed by atoms with Crippen molar-refractivity contribution in [2.45, 2.75) is 84.5 Å². The van der Waals surface area contributed by atoms with Gasteiger partial charge in [-0.25, -0.2) is 4.79 Å². The van der Waals surface area contributed by atoms with Gasteiger partial charge in [0.2, 0.25) is 5.91 Å². The molecule has 2 fully saturated rings. The summed E-state index contributed by atoms with van der Waals surface area (Å²) in [6, 6.07) is 7.95. The summed E-state index contributed by atoms with van der Waals surface area (Å²) in [7, 11) is 1.38. The number of hydrogen-bond acceptors (Lipinski definition) is 5. The normalized spacial score (nSPS) is 20.4. The van der Waals surface area contributed by atoms with Crippen molar-refractivity contribution in [1.82, 2.24) is 9.80 Å². The molecule has 0 bridgehead atoms. The lowest BCUT2D eigenvalue weighted by molar-refractivity contribution is -0.131. The molecule has 0 spiro atoms. The van der Waals surface area contributed by atoms with Gasteiger partial charge in [0, 0.05) is 26.7 Å². The van der Waals surface area contributed by atoms with Crippen molar-refractivity contribution in [2.24, 2.45) is 5.92 Å². The summed E-state index contributed by atoms with van der Waals surface area (Å²) in [4.78, 5) is 28.7. The summed E-state index contributed by atoms with van der Waals surface area (Å²) in [5.74, 6) is 0.517. The molecule has 2 aliphatic rings. The molecule has 0 atom stereocenters.